The Morgan fingerprint density at radius 3 is 2.57 bits per heavy atom. The molecule has 0 saturated heterocycles. The number of amides is 2. The van der Waals surface area contributed by atoms with Crippen LogP contribution in [0.4, 0.5) is 4.39 Å². The van der Waals surface area contributed by atoms with Gasteiger partial charge in [0.15, 0.2) is 13.2 Å². The van der Waals surface area contributed by atoms with Crippen LogP contribution in [0.1, 0.15) is 0 Å². The largest absolute Gasteiger partial charge is 0.480 e. The van der Waals surface area contributed by atoms with Gasteiger partial charge in [-0.2, -0.15) is 0 Å². The summed E-state index contributed by atoms with van der Waals surface area (Å²) in [5, 5.41) is 2.31. The second-order valence-electron chi connectivity index (χ2n) is 4.59. The SMILES string of the molecule is CN(C)C(=O)CNC(=O)COC(=O)COc1ccc(F)cc1Cl. The summed E-state index contributed by atoms with van der Waals surface area (Å²) in [6.07, 6.45) is 0. The van der Waals surface area contributed by atoms with Crippen molar-refractivity contribution >= 4 is 29.4 Å². The topological polar surface area (TPSA) is 84.9 Å². The lowest BCUT2D eigenvalue weighted by Gasteiger charge is -2.11. The van der Waals surface area contributed by atoms with Crippen LogP contribution >= 0.6 is 11.6 Å². The highest BCUT2D eigenvalue weighted by Gasteiger charge is 2.11. The number of likely N-dealkylation sites (N-methyl/N-ethyl adjacent to an activating group) is 1. The van der Waals surface area contributed by atoms with Crippen molar-refractivity contribution < 1.29 is 28.2 Å². The molecule has 0 aliphatic heterocycles. The first-order valence-corrected chi connectivity index (χ1v) is 6.87. The van der Waals surface area contributed by atoms with E-state index in [0.29, 0.717) is 0 Å². The number of ether oxygens (including phenoxy) is 2. The second kappa shape index (κ2) is 8.94. The Hall–Kier alpha value is -2.35. The molecule has 126 valence electrons. The molecule has 0 aromatic heterocycles. The summed E-state index contributed by atoms with van der Waals surface area (Å²) in [4.78, 5) is 35.4. The molecule has 0 aliphatic carbocycles. The average Bonchev–Trinajstić information content (AvgIpc) is 2.49. The van der Waals surface area contributed by atoms with E-state index in [1.807, 2.05) is 0 Å². The molecule has 0 atom stereocenters. The van der Waals surface area contributed by atoms with E-state index in [1.165, 1.54) is 11.0 Å². The van der Waals surface area contributed by atoms with Crippen molar-refractivity contribution in [3.05, 3.63) is 29.0 Å². The number of hydrogen-bond acceptors (Lipinski definition) is 5. The number of nitrogens with zero attached hydrogens (tertiary/aromatic N) is 1. The van der Waals surface area contributed by atoms with Crippen LogP contribution in [0.25, 0.3) is 0 Å². The van der Waals surface area contributed by atoms with Crippen LogP contribution in [-0.2, 0) is 19.1 Å². The summed E-state index contributed by atoms with van der Waals surface area (Å²) in [5.74, 6) is -2.13. The first kappa shape index (κ1) is 18.7. The third-order valence-corrected chi connectivity index (χ3v) is 2.83. The Labute approximate surface area is 137 Å². The minimum atomic E-state index is -0.806. The molecule has 9 heteroatoms. The molecule has 23 heavy (non-hydrogen) atoms. The molecule has 0 heterocycles. The van der Waals surface area contributed by atoms with Gasteiger partial charge in [-0.25, -0.2) is 9.18 Å². The Morgan fingerprint density at radius 2 is 1.96 bits per heavy atom. The summed E-state index contributed by atoms with van der Waals surface area (Å²) < 4.78 is 22.5. The third-order valence-electron chi connectivity index (χ3n) is 2.54. The first-order valence-electron chi connectivity index (χ1n) is 6.50. The molecule has 1 aromatic rings. The van der Waals surface area contributed by atoms with Crippen LogP contribution in [-0.4, -0.2) is 56.5 Å². The lowest BCUT2D eigenvalue weighted by atomic mass is 10.3. The summed E-state index contributed by atoms with van der Waals surface area (Å²) >= 11 is 5.72. The fourth-order valence-corrected chi connectivity index (χ4v) is 1.52. The summed E-state index contributed by atoms with van der Waals surface area (Å²) in [7, 11) is 3.10. The monoisotopic (exact) mass is 346 g/mol. The molecule has 0 saturated carbocycles. The van der Waals surface area contributed by atoms with E-state index in [-0.39, 0.29) is 23.2 Å². The van der Waals surface area contributed by atoms with E-state index < -0.39 is 30.9 Å². The molecule has 1 aromatic carbocycles. The van der Waals surface area contributed by atoms with Gasteiger partial charge < -0.3 is 19.7 Å². The number of halogens is 2. The minimum Gasteiger partial charge on any atom is -0.480 e. The van der Waals surface area contributed by atoms with Crippen LogP contribution in [0.3, 0.4) is 0 Å². The van der Waals surface area contributed by atoms with Gasteiger partial charge in [-0.3, -0.25) is 9.59 Å². The van der Waals surface area contributed by atoms with Gasteiger partial charge in [0.25, 0.3) is 5.91 Å². The number of rotatable bonds is 7. The van der Waals surface area contributed by atoms with Gasteiger partial charge in [0.2, 0.25) is 5.91 Å². The molecule has 0 fully saturated rings. The van der Waals surface area contributed by atoms with Crippen LogP contribution < -0.4 is 10.1 Å². The molecule has 1 rings (SSSR count). The highest BCUT2D eigenvalue weighted by atomic mass is 35.5. The maximum atomic E-state index is 12.8. The van der Waals surface area contributed by atoms with Gasteiger partial charge in [0.05, 0.1) is 11.6 Å². The molecular weight excluding hydrogens is 331 g/mol. The molecule has 7 nitrogen and oxygen atoms in total. The highest BCUT2D eigenvalue weighted by molar-refractivity contribution is 6.32. The first-order chi connectivity index (χ1) is 10.8. The zero-order chi connectivity index (χ0) is 17.4. The number of carbonyl (C=O) groups is 3. The highest BCUT2D eigenvalue weighted by Crippen LogP contribution is 2.24. The Bertz CT molecular complexity index is 595. The maximum Gasteiger partial charge on any atom is 0.344 e. The minimum absolute atomic E-state index is 0.0118. The smallest absolute Gasteiger partial charge is 0.344 e. The molecule has 0 unspecified atom stereocenters. The number of benzene rings is 1. The fraction of sp³-hybridized carbons (Fsp3) is 0.357. The van der Waals surface area contributed by atoms with Gasteiger partial charge in [-0.1, -0.05) is 11.6 Å². The van der Waals surface area contributed by atoms with Crippen molar-refractivity contribution in [3.63, 3.8) is 0 Å². The molecular formula is C14H16ClFN2O5. The predicted molar refractivity (Wildman–Crippen MR) is 79.6 cm³/mol. The second-order valence-corrected chi connectivity index (χ2v) is 5.00. The van der Waals surface area contributed by atoms with E-state index in [4.69, 9.17) is 16.3 Å². The molecule has 0 spiro atoms. The molecule has 2 amide bonds. The maximum absolute atomic E-state index is 12.8. The van der Waals surface area contributed by atoms with Gasteiger partial charge in [0, 0.05) is 14.1 Å². The Balaban J connectivity index is 2.29. The zero-order valence-corrected chi connectivity index (χ0v) is 13.4. The fourth-order valence-electron chi connectivity index (χ4n) is 1.30. The third kappa shape index (κ3) is 6.96. The van der Waals surface area contributed by atoms with E-state index in [9.17, 15) is 18.8 Å². The van der Waals surface area contributed by atoms with Crippen molar-refractivity contribution in [1.82, 2.24) is 10.2 Å². The van der Waals surface area contributed by atoms with E-state index >= 15 is 0 Å². The van der Waals surface area contributed by atoms with Crippen molar-refractivity contribution in [1.29, 1.82) is 0 Å². The van der Waals surface area contributed by atoms with Gasteiger partial charge in [-0.15, -0.1) is 0 Å². The van der Waals surface area contributed by atoms with Crippen LogP contribution in [0.15, 0.2) is 18.2 Å². The van der Waals surface area contributed by atoms with Gasteiger partial charge in [0.1, 0.15) is 11.6 Å². The van der Waals surface area contributed by atoms with Crippen molar-refractivity contribution in [2.75, 3.05) is 33.9 Å². The number of hydrogen-bond donors (Lipinski definition) is 1. The van der Waals surface area contributed by atoms with E-state index in [0.717, 1.165) is 12.1 Å². The normalized spacial score (nSPS) is 9.91. The van der Waals surface area contributed by atoms with E-state index in [1.54, 1.807) is 14.1 Å². The molecule has 0 radical (unpaired) electrons. The zero-order valence-electron chi connectivity index (χ0n) is 12.6. The predicted octanol–water partition coefficient (Wildman–Crippen LogP) is 0.606. The lowest BCUT2D eigenvalue weighted by Crippen LogP contribution is -2.38. The van der Waals surface area contributed by atoms with Gasteiger partial charge >= 0.3 is 5.97 Å². The number of nitrogens with one attached hydrogen (secondary N) is 1. The van der Waals surface area contributed by atoms with Crippen molar-refractivity contribution in [2.24, 2.45) is 0 Å². The molecule has 0 aliphatic rings. The quantitative estimate of drug-likeness (QED) is 0.731. The standard InChI is InChI=1S/C14H16ClFN2O5/c1-18(2)13(20)6-17-12(19)7-23-14(21)8-22-11-4-3-9(16)5-10(11)15/h3-5H,6-8H2,1-2H3,(H,17,19). The summed E-state index contributed by atoms with van der Waals surface area (Å²) in [5.41, 5.74) is 0. The van der Waals surface area contributed by atoms with Crippen LogP contribution in [0.2, 0.25) is 5.02 Å². The Kier molecular flexibility index (Phi) is 7.27. The van der Waals surface area contributed by atoms with Crippen LogP contribution in [0, 0.1) is 5.82 Å². The van der Waals surface area contributed by atoms with Gasteiger partial charge in [-0.05, 0) is 18.2 Å². The lowest BCUT2D eigenvalue weighted by molar-refractivity contribution is -0.150. The molecule has 0 bridgehead atoms. The number of esters is 1. The van der Waals surface area contributed by atoms with Crippen LogP contribution in [0.5, 0.6) is 5.75 Å². The molecule has 1 N–H and O–H groups in total. The Morgan fingerprint density at radius 1 is 1.26 bits per heavy atom. The van der Waals surface area contributed by atoms with Crippen molar-refractivity contribution in [2.45, 2.75) is 0 Å². The van der Waals surface area contributed by atoms with Crippen molar-refractivity contribution in [3.8, 4) is 5.75 Å². The average molecular weight is 347 g/mol. The van der Waals surface area contributed by atoms with E-state index in [2.05, 4.69) is 10.1 Å². The summed E-state index contributed by atoms with van der Waals surface area (Å²) in [6, 6.07) is 3.43. The number of carbonyl (C=O) groups excluding carboxylic acids is 3. The summed E-state index contributed by atoms with van der Waals surface area (Å²) in [6.45, 7) is -1.22.